The van der Waals surface area contributed by atoms with Crippen LogP contribution in [-0.4, -0.2) is 18.6 Å². The molecule has 2 rings (SSSR count). The van der Waals surface area contributed by atoms with Gasteiger partial charge in [0.15, 0.2) is 0 Å². The Hall–Kier alpha value is -0.910. The molecule has 0 radical (unpaired) electrons. The van der Waals surface area contributed by atoms with E-state index in [0.717, 1.165) is 28.9 Å². The lowest BCUT2D eigenvalue weighted by Gasteiger charge is -2.19. The monoisotopic (exact) mass is 368 g/mol. The third-order valence-electron chi connectivity index (χ3n) is 3.48. The van der Waals surface area contributed by atoms with Crippen molar-refractivity contribution < 1.29 is 4.74 Å². The van der Waals surface area contributed by atoms with E-state index in [1.54, 1.807) is 18.4 Å². The first kappa shape index (κ1) is 16.5. The second-order valence-electron chi connectivity index (χ2n) is 4.95. The van der Waals surface area contributed by atoms with E-state index < -0.39 is 0 Å². The molecule has 0 aliphatic carbocycles. The second kappa shape index (κ2) is 7.38. The van der Waals surface area contributed by atoms with E-state index in [2.05, 4.69) is 53.1 Å². The number of aromatic nitrogens is 1. The Morgan fingerprint density at radius 1 is 1.38 bits per heavy atom. The van der Waals surface area contributed by atoms with Crippen molar-refractivity contribution in [3.63, 3.8) is 0 Å². The van der Waals surface area contributed by atoms with Crippen LogP contribution in [0.5, 0.6) is 5.75 Å². The van der Waals surface area contributed by atoms with Crippen molar-refractivity contribution in [2.75, 3.05) is 13.7 Å². The van der Waals surface area contributed by atoms with E-state index in [1.807, 2.05) is 12.1 Å². The highest BCUT2D eigenvalue weighted by Gasteiger charge is 2.17. The number of hydrogen-bond acceptors (Lipinski definition) is 4. The number of benzene rings is 1. The zero-order valence-corrected chi connectivity index (χ0v) is 15.3. The summed E-state index contributed by atoms with van der Waals surface area (Å²) >= 11 is 5.43. The summed E-state index contributed by atoms with van der Waals surface area (Å²) in [7, 11) is 1.70. The topological polar surface area (TPSA) is 34.2 Å². The number of nitrogens with zero attached hydrogens (tertiary/aromatic N) is 1. The summed E-state index contributed by atoms with van der Waals surface area (Å²) in [4.78, 5) is 5.96. The maximum atomic E-state index is 5.35. The van der Waals surface area contributed by atoms with Crippen molar-refractivity contribution in [2.24, 2.45) is 0 Å². The van der Waals surface area contributed by atoms with Gasteiger partial charge in [0.1, 0.15) is 5.75 Å². The number of rotatable bonds is 6. The number of thiazole rings is 1. The molecule has 0 saturated carbocycles. The molecular formula is C16H21BrN2OS. The highest BCUT2D eigenvalue weighted by Crippen LogP contribution is 2.31. The van der Waals surface area contributed by atoms with E-state index in [0.29, 0.717) is 0 Å². The Morgan fingerprint density at radius 2 is 2.14 bits per heavy atom. The molecule has 0 spiro atoms. The minimum Gasteiger partial charge on any atom is -0.497 e. The number of methoxy groups -OCH3 is 1. The molecule has 5 heteroatoms. The minimum absolute atomic E-state index is 0.226. The van der Waals surface area contributed by atoms with Crippen molar-refractivity contribution in [2.45, 2.75) is 33.2 Å². The molecule has 2 aromatic rings. The van der Waals surface area contributed by atoms with Gasteiger partial charge in [-0.15, -0.1) is 11.3 Å². The fourth-order valence-electron chi connectivity index (χ4n) is 2.26. The lowest BCUT2D eigenvalue weighted by atomic mass is 10.0. The number of likely N-dealkylation sites (N-methyl/N-ethyl adjacent to an activating group) is 1. The van der Waals surface area contributed by atoms with E-state index >= 15 is 0 Å². The van der Waals surface area contributed by atoms with Gasteiger partial charge in [-0.2, -0.15) is 0 Å². The van der Waals surface area contributed by atoms with Crippen LogP contribution < -0.4 is 10.1 Å². The molecule has 3 nitrogen and oxygen atoms in total. The lowest BCUT2D eigenvalue weighted by molar-refractivity contribution is 0.412. The molecule has 21 heavy (non-hydrogen) atoms. The number of nitrogens with one attached hydrogen (secondary N) is 1. The highest BCUT2D eigenvalue weighted by molar-refractivity contribution is 9.10. The normalized spacial score (nSPS) is 12.4. The molecule has 1 unspecified atom stereocenters. The summed E-state index contributed by atoms with van der Waals surface area (Å²) in [5.74, 6) is 0.877. The third kappa shape index (κ3) is 4.05. The summed E-state index contributed by atoms with van der Waals surface area (Å²) in [6.07, 6.45) is 0.888. The molecule has 0 fully saturated rings. The second-order valence-corrected chi connectivity index (χ2v) is 7.09. The van der Waals surface area contributed by atoms with E-state index in [1.165, 1.54) is 15.4 Å². The van der Waals surface area contributed by atoms with Crippen LogP contribution >= 0.6 is 27.3 Å². The van der Waals surface area contributed by atoms with Crippen LogP contribution in [0.25, 0.3) is 0 Å². The molecule has 114 valence electrons. The van der Waals surface area contributed by atoms with E-state index in [4.69, 9.17) is 4.74 Å². The van der Waals surface area contributed by atoms with Crippen LogP contribution in [0.4, 0.5) is 0 Å². The summed E-state index contributed by atoms with van der Waals surface area (Å²) in [6.45, 7) is 7.23. The first-order chi connectivity index (χ1) is 10.0. The first-order valence-corrected chi connectivity index (χ1v) is 8.65. The van der Waals surface area contributed by atoms with E-state index in [-0.39, 0.29) is 6.04 Å². The zero-order valence-electron chi connectivity index (χ0n) is 12.9. The molecule has 1 N–H and O–H groups in total. The van der Waals surface area contributed by atoms with Gasteiger partial charge in [-0.1, -0.05) is 22.9 Å². The molecule has 0 aliphatic heterocycles. The number of hydrogen-bond donors (Lipinski definition) is 1. The van der Waals surface area contributed by atoms with Gasteiger partial charge in [0, 0.05) is 21.8 Å². The summed E-state index contributed by atoms with van der Waals surface area (Å²) in [5, 5.41) is 4.72. The Morgan fingerprint density at radius 3 is 2.71 bits per heavy atom. The maximum absolute atomic E-state index is 5.35. The third-order valence-corrected chi connectivity index (χ3v) is 5.30. The van der Waals surface area contributed by atoms with Crippen LogP contribution in [-0.2, 0) is 6.42 Å². The zero-order chi connectivity index (χ0) is 15.4. The van der Waals surface area contributed by atoms with Gasteiger partial charge in [-0.3, -0.25) is 0 Å². The first-order valence-electron chi connectivity index (χ1n) is 7.04. The van der Waals surface area contributed by atoms with Crippen molar-refractivity contribution >= 4 is 27.3 Å². The Kier molecular flexibility index (Phi) is 5.79. The van der Waals surface area contributed by atoms with Crippen molar-refractivity contribution in [1.29, 1.82) is 0 Å². The van der Waals surface area contributed by atoms with Crippen molar-refractivity contribution in [1.82, 2.24) is 10.3 Å². The molecule has 1 heterocycles. The van der Waals surface area contributed by atoms with Crippen LogP contribution in [0.2, 0.25) is 0 Å². The summed E-state index contributed by atoms with van der Waals surface area (Å²) in [6, 6.07) is 6.32. The number of halogens is 1. The van der Waals surface area contributed by atoms with Gasteiger partial charge in [0.2, 0.25) is 0 Å². The molecule has 0 bridgehead atoms. The van der Waals surface area contributed by atoms with Crippen LogP contribution in [0, 0.1) is 13.8 Å². The molecular weight excluding hydrogens is 348 g/mol. The predicted molar refractivity (Wildman–Crippen MR) is 92.4 cm³/mol. The van der Waals surface area contributed by atoms with Gasteiger partial charge < -0.3 is 10.1 Å². The number of aryl methyl sites for hydroxylation is 2. The number of ether oxygens (including phenoxy) is 1. The molecule has 0 aliphatic rings. The van der Waals surface area contributed by atoms with Crippen molar-refractivity contribution in [3.05, 3.63) is 43.8 Å². The standard InChI is InChI=1S/C16H21BrN2OS/c1-5-18-15(9-16-19-10(2)11(3)21-16)13-8-12(20-4)6-7-14(13)17/h6-8,15,18H,5,9H2,1-4H3. The smallest absolute Gasteiger partial charge is 0.119 e. The SMILES string of the molecule is CCNC(Cc1nc(C)c(C)s1)c1cc(OC)ccc1Br. The van der Waals surface area contributed by atoms with Gasteiger partial charge >= 0.3 is 0 Å². The Bertz CT molecular complexity index is 593. The largest absolute Gasteiger partial charge is 0.497 e. The molecule has 0 amide bonds. The van der Waals surface area contributed by atoms with Crippen molar-refractivity contribution in [3.8, 4) is 5.75 Å². The van der Waals surface area contributed by atoms with E-state index in [9.17, 15) is 0 Å². The highest BCUT2D eigenvalue weighted by atomic mass is 79.9. The Balaban J connectivity index is 2.29. The summed E-state index contributed by atoms with van der Waals surface area (Å²) < 4.78 is 6.45. The fourth-order valence-corrected chi connectivity index (χ4v) is 3.76. The lowest BCUT2D eigenvalue weighted by Crippen LogP contribution is -2.23. The molecule has 0 saturated heterocycles. The van der Waals surface area contributed by atoms with Gasteiger partial charge in [0.05, 0.1) is 17.8 Å². The Labute approximate surface area is 138 Å². The average Bonchev–Trinajstić information content (AvgIpc) is 2.77. The summed E-state index contributed by atoms with van der Waals surface area (Å²) in [5.41, 5.74) is 2.34. The quantitative estimate of drug-likeness (QED) is 0.818. The molecule has 1 aromatic carbocycles. The van der Waals surface area contributed by atoms with Crippen LogP contribution in [0.1, 0.15) is 34.1 Å². The average molecular weight is 369 g/mol. The van der Waals surface area contributed by atoms with Crippen LogP contribution in [0.15, 0.2) is 22.7 Å². The minimum atomic E-state index is 0.226. The molecule has 1 aromatic heterocycles. The van der Waals surface area contributed by atoms with Gasteiger partial charge in [0.25, 0.3) is 0 Å². The molecule has 1 atom stereocenters. The predicted octanol–water partition coefficient (Wildman–Crippen LogP) is 4.42. The van der Waals surface area contributed by atoms with Gasteiger partial charge in [-0.05, 0) is 44.2 Å². The van der Waals surface area contributed by atoms with Crippen LogP contribution in [0.3, 0.4) is 0 Å². The maximum Gasteiger partial charge on any atom is 0.119 e. The fraction of sp³-hybridized carbons (Fsp3) is 0.438. The van der Waals surface area contributed by atoms with Gasteiger partial charge in [-0.25, -0.2) is 4.98 Å².